The van der Waals surface area contributed by atoms with Gasteiger partial charge in [-0.3, -0.25) is 14.2 Å². The van der Waals surface area contributed by atoms with Gasteiger partial charge in [-0.2, -0.15) is 10.2 Å². The van der Waals surface area contributed by atoms with Gasteiger partial charge in [0.05, 0.1) is 30.0 Å². The van der Waals surface area contributed by atoms with E-state index in [9.17, 15) is 4.79 Å². The van der Waals surface area contributed by atoms with Crippen molar-refractivity contribution in [1.29, 1.82) is 0 Å². The summed E-state index contributed by atoms with van der Waals surface area (Å²) in [6.45, 7) is 6.15. The number of aromatic nitrogens is 4. The lowest BCUT2D eigenvalue weighted by molar-refractivity contribution is -0.142. The summed E-state index contributed by atoms with van der Waals surface area (Å²) < 4.78 is 9.78. The lowest BCUT2D eigenvalue weighted by Crippen LogP contribution is -2.58. The Hall–Kier alpha value is -2.15. The van der Waals surface area contributed by atoms with Crippen LogP contribution in [0.1, 0.15) is 45.2 Å². The predicted octanol–water partition coefficient (Wildman–Crippen LogP) is 1.86. The minimum Gasteiger partial charge on any atom is -0.370 e. The number of nitrogens with one attached hydrogen (secondary N) is 1. The second kappa shape index (κ2) is 7.00. The molecule has 2 heterocycles. The number of ether oxygens (including phenoxy) is 1. The topological polar surface area (TPSA) is 74.0 Å². The van der Waals surface area contributed by atoms with Gasteiger partial charge in [0.25, 0.3) is 0 Å². The number of carbonyl (C=O) groups excluding carboxylic acids is 1. The molecule has 0 spiro atoms. The van der Waals surface area contributed by atoms with Crippen LogP contribution in [0, 0.1) is 0 Å². The van der Waals surface area contributed by atoms with E-state index in [2.05, 4.69) is 15.5 Å². The number of nitrogens with zero attached hydrogens (tertiary/aromatic N) is 4. The molecule has 7 nitrogen and oxygen atoms in total. The number of hydrogen-bond acceptors (Lipinski definition) is 4. The quantitative estimate of drug-likeness (QED) is 0.867. The van der Waals surface area contributed by atoms with Crippen LogP contribution in [0.2, 0.25) is 0 Å². The molecule has 2 aromatic rings. The number of carbonyl (C=O) groups is 1. The number of aryl methyl sites for hydroxylation is 2. The van der Waals surface area contributed by atoms with Crippen molar-refractivity contribution >= 4 is 5.91 Å². The van der Waals surface area contributed by atoms with Gasteiger partial charge < -0.3 is 10.1 Å². The maximum Gasteiger partial charge on any atom is 0.220 e. The fourth-order valence-corrected chi connectivity index (χ4v) is 3.26. The molecule has 25 heavy (non-hydrogen) atoms. The van der Waals surface area contributed by atoms with Crippen molar-refractivity contribution in [1.82, 2.24) is 24.9 Å². The maximum absolute atomic E-state index is 12.3. The summed E-state index contributed by atoms with van der Waals surface area (Å²) in [5.41, 5.74) is 0.856. The number of rotatable bonds is 6. The van der Waals surface area contributed by atoms with Crippen molar-refractivity contribution in [2.24, 2.45) is 7.05 Å². The Kier molecular flexibility index (Phi) is 4.94. The van der Waals surface area contributed by atoms with E-state index in [0.29, 0.717) is 12.8 Å². The fourth-order valence-electron chi connectivity index (χ4n) is 3.26. The molecule has 0 bridgehead atoms. The molecule has 3 atom stereocenters. The van der Waals surface area contributed by atoms with Crippen molar-refractivity contribution < 1.29 is 9.53 Å². The van der Waals surface area contributed by atoms with Gasteiger partial charge in [0.15, 0.2) is 0 Å². The third-order valence-corrected chi connectivity index (χ3v) is 4.36. The normalized spacial score (nSPS) is 23.3. The molecular weight excluding hydrogens is 318 g/mol. The highest BCUT2D eigenvalue weighted by Crippen LogP contribution is 2.37. The number of amides is 1. The van der Waals surface area contributed by atoms with Crippen LogP contribution in [-0.2, 0) is 23.0 Å². The van der Waals surface area contributed by atoms with Gasteiger partial charge >= 0.3 is 0 Å². The highest BCUT2D eigenvalue weighted by molar-refractivity contribution is 5.76. The Morgan fingerprint density at radius 1 is 1.40 bits per heavy atom. The Morgan fingerprint density at radius 2 is 2.20 bits per heavy atom. The smallest absolute Gasteiger partial charge is 0.220 e. The highest BCUT2D eigenvalue weighted by atomic mass is 16.5. The molecule has 0 radical (unpaired) electrons. The van der Waals surface area contributed by atoms with Crippen molar-refractivity contribution in [3.63, 3.8) is 0 Å². The van der Waals surface area contributed by atoms with E-state index in [4.69, 9.17) is 4.74 Å². The standard InChI is InChI=1S/C18H27N5O2/c1-18(2,3)25-15-10-14(17(15)23-9-5-8-19-23)21-16(24)7-6-13-11-20-22(4)12-13/h5,8-9,11-12,14-15,17H,6-7,10H2,1-4H3,(H,21,24). The SMILES string of the molecule is Cn1cc(CCC(=O)NC2CC(OC(C)(C)C)C2n2cccn2)cn1. The molecule has 0 saturated heterocycles. The molecule has 1 N–H and O–H groups in total. The van der Waals surface area contributed by atoms with Crippen LogP contribution in [0.5, 0.6) is 0 Å². The van der Waals surface area contributed by atoms with Gasteiger partial charge in [-0.15, -0.1) is 0 Å². The first kappa shape index (κ1) is 17.7. The van der Waals surface area contributed by atoms with Crippen molar-refractivity contribution in [3.8, 4) is 0 Å². The van der Waals surface area contributed by atoms with Crippen LogP contribution < -0.4 is 5.32 Å². The number of hydrogen-bond donors (Lipinski definition) is 1. The maximum atomic E-state index is 12.3. The summed E-state index contributed by atoms with van der Waals surface area (Å²) in [5, 5.41) is 11.6. The summed E-state index contributed by atoms with van der Waals surface area (Å²) in [7, 11) is 1.88. The van der Waals surface area contributed by atoms with E-state index in [-0.39, 0.29) is 29.7 Å². The molecule has 3 unspecified atom stereocenters. The summed E-state index contributed by atoms with van der Waals surface area (Å²) in [4.78, 5) is 12.3. The Balaban J connectivity index is 1.56. The largest absolute Gasteiger partial charge is 0.370 e. The van der Waals surface area contributed by atoms with E-state index in [1.807, 2.05) is 51.0 Å². The van der Waals surface area contributed by atoms with Crippen LogP contribution in [-0.4, -0.2) is 43.2 Å². The highest BCUT2D eigenvalue weighted by Gasteiger charge is 2.46. The lowest BCUT2D eigenvalue weighted by Gasteiger charge is -2.46. The van der Waals surface area contributed by atoms with E-state index < -0.39 is 0 Å². The van der Waals surface area contributed by atoms with Crippen LogP contribution >= 0.6 is 0 Å². The second-order valence-electron chi connectivity index (χ2n) is 7.68. The molecule has 1 saturated carbocycles. The predicted molar refractivity (Wildman–Crippen MR) is 94.0 cm³/mol. The molecule has 3 rings (SSSR count). The lowest BCUT2D eigenvalue weighted by atomic mass is 9.82. The van der Waals surface area contributed by atoms with Gasteiger partial charge in [0.2, 0.25) is 5.91 Å². The molecule has 1 aliphatic rings. The van der Waals surface area contributed by atoms with E-state index >= 15 is 0 Å². The van der Waals surface area contributed by atoms with E-state index in [1.165, 1.54) is 0 Å². The van der Waals surface area contributed by atoms with Crippen molar-refractivity contribution in [2.75, 3.05) is 0 Å². The summed E-state index contributed by atoms with van der Waals surface area (Å²) in [5.74, 6) is 0.0558. The van der Waals surface area contributed by atoms with Crippen LogP contribution in [0.25, 0.3) is 0 Å². The molecule has 7 heteroatoms. The van der Waals surface area contributed by atoms with Gasteiger partial charge in [0.1, 0.15) is 0 Å². The average molecular weight is 345 g/mol. The minimum atomic E-state index is -0.217. The zero-order valence-electron chi connectivity index (χ0n) is 15.3. The van der Waals surface area contributed by atoms with Gasteiger partial charge in [-0.1, -0.05) is 0 Å². The first-order chi connectivity index (χ1) is 11.8. The molecule has 0 aromatic carbocycles. The van der Waals surface area contributed by atoms with Crippen LogP contribution in [0.15, 0.2) is 30.9 Å². The van der Waals surface area contributed by atoms with Crippen molar-refractivity contribution in [3.05, 3.63) is 36.4 Å². The van der Waals surface area contributed by atoms with Crippen LogP contribution in [0.4, 0.5) is 0 Å². The summed E-state index contributed by atoms with van der Waals surface area (Å²) in [6, 6.07) is 1.98. The monoisotopic (exact) mass is 345 g/mol. The molecule has 0 aliphatic heterocycles. The Morgan fingerprint density at radius 3 is 2.80 bits per heavy atom. The van der Waals surface area contributed by atoms with E-state index in [1.54, 1.807) is 17.1 Å². The Labute approximate surface area is 148 Å². The zero-order valence-corrected chi connectivity index (χ0v) is 15.3. The molecule has 1 fully saturated rings. The summed E-state index contributed by atoms with van der Waals surface area (Å²) in [6.07, 6.45) is 9.45. The first-order valence-electron chi connectivity index (χ1n) is 8.76. The second-order valence-corrected chi connectivity index (χ2v) is 7.68. The fraction of sp³-hybridized carbons (Fsp3) is 0.611. The average Bonchev–Trinajstić information content (AvgIpc) is 3.14. The molecule has 1 aliphatic carbocycles. The van der Waals surface area contributed by atoms with E-state index in [0.717, 1.165) is 12.0 Å². The third-order valence-electron chi connectivity index (χ3n) is 4.36. The molecule has 136 valence electrons. The molecular formula is C18H27N5O2. The zero-order chi connectivity index (χ0) is 18.0. The third kappa shape index (κ3) is 4.48. The van der Waals surface area contributed by atoms with Gasteiger partial charge in [0, 0.05) is 32.1 Å². The van der Waals surface area contributed by atoms with Crippen LogP contribution in [0.3, 0.4) is 0 Å². The molecule has 1 amide bonds. The first-order valence-corrected chi connectivity index (χ1v) is 8.76. The molecule has 2 aromatic heterocycles. The van der Waals surface area contributed by atoms with Gasteiger partial charge in [-0.25, -0.2) is 0 Å². The Bertz CT molecular complexity index is 701. The summed E-state index contributed by atoms with van der Waals surface area (Å²) >= 11 is 0. The van der Waals surface area contributed by atoms with Gasteiger partial charge in [-0.05, 0) is 45.2 Å². The minimum absolute atomic E-state index is 0.0385. The van der Waals surface area contributed by atoms with Crippen molar-refractivity contribution in [2.45, 2.75) is 63.8 Å².